The highest BCUT2D eigenvalue weighted by Crippen LogP contribution is 2.22. The lowest BCUT2D eigenvalue weighted by Gasteiger charge is -2.36. The monoisotopic (exact) mass is 395 g/mol. The van der Waals surface area contributed by atoms with Gasteiger partial charge < -0.3 is 9.80 Å². The van der Waals surface area contributed by atoms with Crippen LogP contribution in [0.3, 0.4) is 0 Å². The average Bonchev–Trinajstić information content (AvgIpc) is 2.75. The first-order valence-corrected chi connectivity index (χ1v) is 9.63. The van der Waals surface area contributed by atoms with Crippen LogP contribution in [0.4, 0.5) is 10.1 Å². The number of fused-ring (bicyclic) bond motifs is 1. The van der Waals surface area contributed by atoms with Gasteiger partial charge in [0.2, 0.25) is 0 Å². The van der Waals surface area contributed by atoms with Crippen molar-refractivity contribution in [1.82, 2.24) is 19.7 Å². The maximum absolute atomic E-state index is 13.8. The maximum atomic E-state index is 13.8. The standard InChI is InChI=1S/C21H22FN5O2/c1-3-14-6-7-23-13-18(14)26-8-10-27(11-9-26)21(29)19-17-12-15(22)4-5-16(17)20(28)25(2)24-19/h4-7,12-13H,3,8-11H2,1-2H3. The van der Waals surface area contributed by atoms with Crippen LogP contribution < -0.4 is 10.5 Å². The molecule has 0 radical (unpaired) electrons. The van der Waals surface area contributed by atoms with Gasteiger partial charge in [0.25, 0.3) is 11.5 Å². The average molecular weight is 395 g/mol. The number of carbonyl (C=O) groups excluding carboxylic acids is 1. The normalized spacial score (nSPS) is 14.4. The van der Waals surface area contributed by atoms with Crippen LogP contribution in [0.5, 0.6) is 0 Å². The molecule has 0 aliphatic carbocycles. The van der Waals surface area contributed by atoms with E-state index >= 15 is 0 Å². The Morgan fingerprint density at radius 2 is 1.90 bits per heavy atom. The van der Waals surface area contributed by atoms with Gasteiger partial charge in [0.05, 0.1) is 17.3 Å². The van der Waals surface area contributed by atoms with Crippen molar-refractivity contribution in [3.8, 4) is 0 Å². The molecular weight excluding hydrogens is 373 g/mol. The number of anilines is 1. The van der Waals surface area contributed by atoms with Crippen molar-refractivity contribution < 1.29 is 9.18 Å². The summed E-state index contributed by atoms with van der Waals surface area (Å²) in [5.41, 5.74) is 2.06. The van der Waals surface area contributed by atoms with E-state index in [1.54, 1.807) is 11.1 Å². The first-order valence-electron chi connectivity index (χ1n) is 9.63. The molecule has 3 heterocycles. The number of nitrogens with zero attached hydrogens (tertiary/aromatic N) is 5. The summed E-state index contributed by atoms with van der Waals surface area (Å²) in [6.45, 7) is 4.47. The number of halogens is 1. The van der Waals surface area contributed by atoms with E-state index in [1.165, 1.54) is 30.8 Å². The summed E-state index contributed by atoms with van der Waals surface area (Å²) in [6.07, 6.45) is 4.56. The second kappa shape index (κ2) is 7.62. The molecule has 7 nitrogen and oxygen atoms in total. The number of piperazine rings is 1. The Labute approximate surface area is 167 Å². The topological polar surface area (TPSA) is 71.3 Å². The van der Waals surface area contributed by atoms with Crippen LogP contribution in [0.15, 0.2) is 41.5 Å². The number of carbonyl (C=O) groups is 1. The van der Waals surface area contributed by atoms with Crippen molar-refractivity contribution in [1.29, 1.82) is 0 Å². The van der Waals surface area contributed by atoms with Crippen molar-refractivity contribution in [2.45, 2.75) is 13.3 Å². The van der Waals surface area contributed by atoms with Crippen LogP contribution in [0.2, 0.25) is 0 Å². The summed E-state index contributed by atoms with van der Waals surface area (Å²) in [7, 11) is 1.49. The van der Waals surface area contributed by atoms with Crippen LogP contribution in [-0.4, -0.2) is 51.8 Å². The summed E-state index contributed by atoms with van der Waals surface area (Å²) in [4.78, 5) is 33.6. The molecule has 0 spiro atoms. The van der Waals surface area contributed by atoms with Gasteiger partial charge in [0, 0.05) is 44.8 Å². The molecule has 8 heteroatoms. The molecule has 1 aromatic carbocycles. The van der Waals surface area contributed by atoms with E-state index < -0.39 is 5.82 Å². The second-order valence-corrected chi connectivity index (χ2v) is 7.10. The maximum Gasteiger partial charge on any atom is 0.275 e. The van der Waals surface area contributed by atoms with Gasteiger partial charge in [-0.3, -0.25) is 14.6 Å². The van der Waals surface area contributed by atoms with Gasteiger partial charge in [0.1, 0.15) is 5.82 Å². The molecule has 1 aliphatic rings. The molecule has 1 fully saturated rings. The summed E-state index contributed by atoms with van der Waals surface area (Å²) < 4.78 is 14.9. The van der Waals surface area contributed by atoms with Gasteiger partial charge in [-0.05, 0) is 36.2 Å². The fourth-order valence-corrected chi connectivity index (χ4v) is 3.78. The predicted molar refractivity (Wildman–Crippen MR) is 109 cm³/mol. The highest BCUT2D eigenvalue weighted by atomic mass is 19.1. The first kappa shape index (κ1) is 19.0. The molecule has 0 unspecified atom stereocenters. The number of pyridine rings is 1. The van der Waals surface area contributed by atoms with Crippen LogP contribution in [-0.2, 0) is 13.5 Å². The van der Waals surface area contributed by atoms with E-state index in [-0.39, 0.29) is 27.9 Å². The molecule has 1 aliphatic heterocycles. The highest BCUT2D eigenvalue weighted by Gasteiger charge is 2.26. The fraction of sp³-hybridized carbons (Fsp3) is 0.333. The number of hydrogen-bond acceptors (Lipinski definition) is 5. The van der Waals surface area contributed by atoms with Crippen LogP contribution in [0.25, 0.3) is 10.8 Å². The molecule has 2 aromatic heterocycles. The summed E-state index contributed by atoms with van der Waals surface area (Å²) in [5, 5.41) is 4.68. The smallest absolute Gasteiger partial charge is 0.275 e. The van der Waals surface area contributed by atoms with Crippen molar-refractivity contribution >= 4 is 22.4 Å². The lowest BCUT2D eigenvalue weighted by atomic mass is 10.1. The molecule has 150 valence electrons. The zero-order valence-electron chi connectivity index (χ0n) is 16.4. The second-order valence-electron chi connectivity index (χ2n) is 7.10. The number of hydrogen-bond donors (Lipinski definition) is 0. The zero-order valence-corrected chi connectivity index (χ0v) is 16.4. The third-order valence-electron chi connectivity index (χ3n) is 5.39. The highest BCUT2D eigenvalue weighted by molar-refractivity contribution is 6.04. The molecule has 4 rings (SSSR count). The molecular formula is C21H22FN5O2. The quantitative estimate of drug-likeness (QED) is 0.678. The minimum Gasteiger partial charge on any atom is -0.367 e. The van der Waals surface area contributed by atoms with Crippen LogP contribution in [0, 0.1) is 5.82 Å². The largest absolute Gasteiger partial charge is 0.367 e. The van der Waals surface area contributed by atoms with Crippen LogP contribution >= 0.6 is 0 Å². The van der Waals surface area contributed by atoms with E-state index in [0.29, 0.717) is 26.2 Å². The molecule has 0 N–H and O–H groups in total. The minimum absolute atomic E-state index is 0.102. The number of aryl methyl sites for hydroxylation is 2. The molecule has 0 atom stereocenters. The van der Waals surface area contributed by atoms with Gasteiger partial charge in [-0.15, -0.1) is 0 Å². The van der Waals surface area contributed by atoms with Gasteiger partial charge in [-0.25, -0.2) is 9.07 Å². The summed E-state index contributed by atoms with van der Waals surface area (Å²) >= 11 is 0. The molecule has 3 aromatic rings. The third-order valence-corrected chi connectivity index (χ3v) is 5.39. The minimum atomic E-state index is -0.505. The SMILES string of the molecule is CCc1ccncc1N1CCN(C(=O)c2nn(C)c(=O)c3ccc(F)cc23)CC1. The Hall–Kier alpha value is -3.29. The lowest BCUT2D eigenvalue weighted by Crippen LogP contribution is -2.49. The molecule has 0 bridgehead atoms. The molecule has 1 saturated heterocycles. The van der Waals surface area contributed by atoms with Crippen molar-refractivity contribution in [2.24, 2.45) is 7.05 Å². The van der Waals surface area contributed by atoms with Gasteiger partial charge in [-0.1, -0.05) is 6.92 Å². The van der Waals surface area contributed by atoms with E-state index in [4.69, 9.17) is 0 Å². The van der Waals surface area contributed by atoms with E-state index in [2.05, 4.69) is 21.9 Å². The van der Waals surface area contributed by atoms with Gasteiger partial charge in [0.15, 0.2) is 5.69 Å². The van der Waals surface area contributed by atoms with E-state index in [9.17, 15) is 14.0 Å². The van der Waals surface area contributed by atoms with Crippen molar-refractivity contribution in [3.05, 3.63) is 64.1 Å². The Morgan fingerprint density at radius 3 is 2.62 bits per heavy atom. The number of rotatable bonds is 3. The zero-order chi connectivity index (χ0) is 20.5. The Morgan fingerprint density at radius 1 is 1.14 bits per heavy atom. The first-order chi connectivity index (χ1) is 14.0. The van der Waals surface area contributed by atoms with E-state index in [1.807, 2.05) is 12.3 Å². The molecule has 0 saturated carbocycles. The Balaban J connectivity index is 1.60. The molecule has 29 heavy (non-hydrogen) atoms. The third kappa shape index (κ3) is 3.46. The lowest BCUT2D eigenvalue weighted by molar-refractivity contribution is 0.0740. The van der Waals surface area contributed by atoms with Crippen molar-refractivity contribution in [2.75, 3.05) is 31.1 Å². The molecule has 1 amide bonds. The van der Waals surface area contributed by atoms with Gasteiger partial charge >= 0.3 is 0 Å². The van der Waals surface area contributed by atoms with Gasteiger partial charge in [-0.2, -0.15) is 5.10 Å². The number of aromatic nitrogens is 3. The number of amides is 1. The Kier molecular flexibility index (Phi) is 5.00. The van der Waals surface area contributed by atoms with E-state index in [0.717, 1.165) is 16.8 Å². The van der Waals surface area contributed by atoms with Crippen LogP contribution in [0.1, 0.15) is 23.0 Å². The summed E-state index contributed by atoms with van der Waals surface area (Å²) in [5.74, 6) is -0.798. The summed E-state index contributed by atoms with van der Waals surface area (Å²) in [6, 6.07) is 5.84. The Bertz CT molecular complexity index is 1140. The predicted octanol–water partition coefficient (Wildman–Crippen LogP) is 1.99. The fourth-order valence-electron chi connectivity index (χ4n) is 3.78. The van der Waals surface area contributed by atoms with Crippen molar-refractivity contribution in [3.63, 3.8) is 0 Å². The number of benzene rings is 1.